The SMILES string of the molecule is CC1CCCCC1NC(=S)NCC1CCCO1. The van der Waals surface area contributed by atoms with Gasteiger partial charge in [0.15, 0.2) is 5.11 Å². The summed E-state index contributed by atoms with van der Waals surface area (Å²) in [6.45, 7) is 4.08. The maximum atomic E-state index is 5.56. The van der Waals surface area contributed by atoms with Gasteiger partial charge >= 0.3 is 0 Å². The molecule has 1 aliphatic carbocycles. The Morgan fingerprint density at radius 2 is 2.06 bits per heavy atom. The second-order valence-electron chi connectivity index (χ2n) is 5.36. The lowest BCUT2D eigenvalue weighted by Gasteiger charge is -2.30. The summed E-state index contributed by atoms with van der Waals surface area (Å²) in [4.78, 5) is 0. The highest BCUT2D eigenvalue weighted by Crippen LogP contribution is 2.23. The number of ether oxygens (including phenoxy) is 1. The van der Waals surface area contributed by atoms with Crippen LogP contribution in [0, 0.1) is 5.92 Å². The Labute approximate surface area is 110 Å². The van der Waals surface area contributed by atoms with Crippen molar-refractivity contribution in [1.82, 2.24) is 10.6 Å². The van der Waals surface area contributed by atoms with E-state index in [2.05, 4.69) is 17.6 Å². The summed E-state index contributed by atoms with van der Waals surface area (Å²) in [5, 5.41) is 7.55. The second-order valence-corrected chi connectivity index (χ2v) is 5.77. The van der Waals surface area contributed by atoms with Gasteiger partial charge in [-0.2, -0.15) is 0 Å². The molecule has 1 saturated heterocycles. The van der Waals surface area contributed by atoms with Crippen LogP contribution in [0.1, 0.15) is 45.4 Å². The van der Waals surface area contributed by atoms with Gasteiger partial charge in [0.05, 0.1) is 6.10 Å². The fraction of sp³-hybridized carbons (Fsp3) is 0.923. The van der Waals surface area contributed by atoms with Crippen molar-refractivity contribution in [3.05, 3.63) is 0 Å². The van der Waals surface area contributed by atoms with E-state index in [0.717, 1.165) is 30.6 Å². The zero-order valence-electron chi connectivity index (χ0n) is 10.7. The van der Waals surface area contributed by atoms with Gasteiger partial charge in [0, 0.05) is 19.2 Å². The van der Waals surface area contributed by atoms with Crippen LogP contribution in [0.25, 0.3) is 0 Å². The average Bonchev–Trinajstić information content (AvgIpc) is 2.82. The van der Waals surface area contributed by atoms with Crippen molar-refractivity contribution in [2.24, 2.45) is 5.92 Å². The highest BCUT2D eigenvalue weighted by Gasteiger charge is 2.22. The standard InChI is InChI=1S/C13H24N2OS/c1-10-5-2-3-7-12(10)15-13(17)14-9-11-6-4-8-16-11/h10-12H,2-9H2,1H3,(H2,14,15,17). The number of hydrogen-bond acceptors (Lipinski definition) is 2. The minimum atomic E-state index is 0.360. The third kappa shape index (κ3) is 4.11. The largest absolute Gasteiger partial charge is 0.376 e. The molecule has 2 rings (SSSR count). The molecule has 1 saturated carbocycles. The molecule has 0 bridgehead atoms. The third-order valence-electron chi connectivity index (χ3n) is 3.94. The summed E-state index contributed by atoms with van der Waals surface area (Å²) in [5.41, 5.74) is 0. The van der Waals surface area contributed by atoms with E-state index < -0.39 is 0 Å². The summed E-state index contributed by atoms with van der Waals surface area (Å²) < 4.78 is 5.56. The van der Waals surface area contributed by atoms with Crippen LogP contribution >= 0.6 is 12.2 Å². The van der Waals surface area contributed by atoms with Crippen LogP contribution in [0.4, 0.5) is 0 Å². The summed E-state index contributed by atoms with van der Waals surface area (Å²) >= 11 is 5.34. The molecule has 0 aromatic carbocycles. The molecule has 0 radical (unpaired) electrons. The van der Waals surface area contributed by atoms with Gasteiger partial charge in [0.2, 0.25) is 0 Å². The van der Waals surface area contributed by atoms with Crippen molar-refractivity contribution >= 4 is 17.3 Å². The summed E-state index contributed by atoms with van der Waals surface area (Å²) in [5.74, 6) is 0.742. The van der Waals surface area contributed by atoms with E-state index in [-0.39, 0.29) is 0 Å². The summed E-state index contributed by atoms with van der Waals surface area (Å²) in [6, 6.07) is 0.563. The van der Waals surface area contributed by atoms with Crippen LogP contribution < -0.4 is 10.6 Å². The monoisotopic (exact) mass is 256 g/mol. The van der Waals surface area contributed by atoms with Gasteiger partial charge in [-0.15, -0.1) is 0 Å². The third-order valence-corrected chi connectivity index (χ3v) is 4.20. The number of nitrogens with one attached hydrogen (secondary N) is 2. The zero-order valence-corrected chi connectivity index (χ0v) is 11.5. The van der Waals surface area contributed by atoms with Gasteiger partial charge in [-0.05, 0) is 43.8 Å². The molecule has 1 aliphatic heterocycles. The van der Waals surface area contributed by atoms with Crippen molar-refractivity contribution in [2.45, 2.75) is 57.6 Å². The van der Waals surface area contributed by atoms with Crippen molar-refractivity contribution in [1.29, 1.82) is 0 Å². The van der Waals surface area contributed by atoms with Crippen LogP contribution in [0.15, 0.2) is 0 Å². The first-order valence-corrected chi connectivity index (χ1v) is 7.32. The number of rotatable bonds is 3. The predicted molar refractivity (Wildman–Crippen MR) is 74.1 cm³/mol. The van der Waals surface area contributed by atoms with Crippen molar-refractivity contribution < 1.29 is 4.74 Å². The van der Waals surface area contributed by atoms with Crippen molar-refractivity contribution in [3.63, 3.8) is 0 Å². The van der Waals surface area contributed by atoms with Gasteiger partial charge in [-0.3, -0.25) is 0 Å². The molecular weight excluding hydrogens is 232 g/mol. The Bertz CT molecular complexity index is 254. The molecule has 4 heteroatoms. The van der Waals surface area contributed by atoms with E-state index >= 15 is 0 Å². The number of thiocarbonyl (C=S) groups is 1. The predicted octanol–water partition coefficient (Wildman–Crippen LogP) is 2.21. The van der Waals surface area contributed by atoms with Crippen LogP contribution in [-0.2, 0) is 4.74 Å². The van der Waals surface area contributed by atoms with Gasteiger partial charge in [0.1, 0.15) is 0 Å². The zero-order chi connectivity index (χ0) is 12.1. The van der Waals surface area contributed by atoms with E-state index in [4.69, 9.17) is 17.0 Å². The fourth-order valence-electron chi connectivity index (χ4n) is 2.76. The van der Waals surface area contributed by atoms with Crippen LogP contribution in [0.2, 0.25) is 0 Å². The van der Waals surface area contributed by atoms with Gasteiger partial charge < -0.3 is 15.4 Å². The fourth-order valence-corrected chi connectivity index (χ4v) is 3.00. The molecule has 3 unspecified atom stereocenters. The maximum Gasteiger partial charge on any atom is 0.166 e. The molecule has 2 fully saturated rings. The first-order chi connectivity index (χ1) is 8.25. The molecular formula is C13H24N2OS. The Morgan fingerprint density at radius 1 is 1.24 bits per heavy atom. The summed E-state index contributed by atoms with van der Waals surface area (Å²) in [7, 11) is 0. The molecule has 0 aromatic rings. The first kappa shape index (κ1) is 13.1. The lowest BCUT2D eigenvalue weighted by Crippen LogP contribution is -2.47. The molecule has 1 heterocycles. The summed E-state index contributed by atoms with van der Waals surface area (Å²) in [6.07, 6.45) is 7.99. The van der Waals surface area contributed by atoms with E-state index in [0.29, 0.717) is 12.1 Å². The van der Waals surface area contributed by atoms with E-state index in [9.17, 15) is 0 Å². The van der Waals surface area contributed by atoms with Gasteiger partial charge in [-0.25, -0.2) is 0 Å². The van der Waals surface area contributed by atoms with E-state index in [1.165, 1.54) is 32.1 Å². The Hall–Kier alpha value is -0.350. The second kappa shape index (κ2) is 6.55. The molecule has 0 spiro atoms. The smallest absolute Gasteiger partial charge is 0.166 e. The van der Waals surface area contributed by atoms with Crippen LogP contribution in [0.5, 0.6) is 0 Å². The van der Waals surface area contributed by atoms with Crippen molar-refractivity contribution in [3.8, 4) is 0 Å². The normalized spacial score (nSPS) is 33.4. The molecule has 2 N–H and O–H groups in total. The number of hydrogen-bond donors (Lipinski definition) is 2. The quantitative estimate of drug-likeness (QED) is 0.759. The topological polar surface area (TPSA) is 33.3 Å². The minimum absolute atomic E-state index is 0.360. The average molecular weight is 256 g/mol. The molecule has 3 nitrogen and oxygen atoms in total. The Morgan fingerprint density at radius 3 is 2.76 bits per heavy atom. The highest BCUT2D eigenvalue weighted by molar-refractivity contribution is 7.80. The molecule has 2 aliphatic rings. The molecule has 0 amide bonds. The Kier molecular flexibility index (Phi) is 5.04. The minimum Gasteiger partial charge on any atom is -0.376 e. The lowest BCUT2D eigenvalue weighted by molar-refractivity contribution is 0.114. The molecule has 0 aromatic heterocycles. The van der Waals surface area contributed by atoms with E-state index in [1.54, 1.807) is 0 Å². The van der Waals surface area contributed by atoms with Crippen LogP contribution in [-0.4, -0.2) is 30.4 Å². The lowest BCUT2D eigenvalue weighted by atomic mass is 9.86. The van der Waals surface area contributed by atoms with E-state index in [1.807, 2.05) is 0 Å². The molecule has 17 heavy (non-hydrogen) atoms. The van der Waals surface area contributed by atoms with Crippen molar-refractivity contribution in [2.75, 3.05) is 13.2 Å². The highest BCUT2D eigenvalue weighted by atomic mass is 32.1. The molecule has 3 atom stereocenters. The van der Waals surface area contributed by atoms with Gasteiger partial charge in [0.25, 0.3) is 0 Å². The van der Waals surface area contributed by atoms with Gasteiger partial charge in [-0.1, -0.05) is 19.8 Å². The Balaban J connectivity index is 1.65. The van der Waals surface area contributed by atoms with Crippen LogP contribution in [0.3, 0.4) is 0 Å². The first-order valence-electron chi connectivity index (χ1n) is 6.91. The molecule has 98 valence electrons. The maximum absolute atomic E-state index is 5.56.